The summed E-state index contributed by atoms with van der Waals surface area (Å²) < 4.78 is 34.2. The zero-order valence-electron chi connectivity index (χ0n) is 19.9. The summed E-state index contributed by atoms with van der Waals surface area (Å²) in [7, 11) is 6.12. The Bertz CT molecular complexity index is 1250. The van der Waals surface area contributed by atoms with E-state index in [2.05, 4.69) is 10.2 Å². The Morgan fingerprint density at radius 3 is 2.29 bits per heavy atom. The third-order valence-corrected chi connectivity index (χ3v) is 5.92. The number of carbonyl (C=O) groups excluding carboxylic acids is 1. The number of benzene rings is 2. The molecule has 0 radical (unpaired) electrons. The number of ether oxygens (including phenoxy) is 6. The molecule has 184 valence electrons. The molecule has 1 aliphatic heterocycles. The van der Waals surface area contributed by atoms with Crippen molar-refractivity contribution < 1.29 is 33.2 Å². The average Bonchev–Trinajstić information content (AvgIpc) is 3.28. The van der Waals surface area contributed by atoms with Crippen molar-refractivity contribution in [1.29, 1.82) is 0 Å². The fourth-order valence-corrected chi connectivity index (χ4v) is 4.24. The van der Waals surface area contributed by atoms with Crippen LogP contribution in [0.5, 0.6) is 34.5 Å². The highest BCUT2D eigenvalue weighted by Gasteiger charge is 2.22. The van der Waals surface area contributed by atoms with E-state index >= 15 is 0 Å². The first-order valence-electron chi connectivity index (χ1n) is 10.4. The average molecular weight is 501 g/mol. The minimum atomic E-state index is -0.437. The highest BCUT2D eigenvalue weighted by atomic mass is 32.2. The molecule has 2 aromatic carbocycles. The fraction of sp³-hybridized carbons (Fsp3) is 0.304. The van der Waals surface area contributed by atoms with Gasteiger partial charge in [-0.25, -0.2) is 0 Å². The van der Waals surface area contributed by atoms with Crippen molar-refractivity contribution >= 4 is 23.4 Å². The molecule has 12 heteroatoms. The molecule has 4 rings (SSSR count). The van der Waals surface area contributed by atoms with Crippen LogP contribution in [0.4, 0.5) is 0 Å². The van der Waals surface area contributed by atoms with Crippen LogP contribution in [0.1, 0.15) is 18.3 Å². The third kappa shape index (κ3) is 5.11. The standard InChI is InChI=1S/C23H24N4O7S/c1-13(28)34-18-8-14(6-7-17(18)29-2)16-12-35-23-25-24-21(27(23)26-16)11-33-15-9-19(30-3)22(32-5)20(10-15)31-4/h6-10H,11-12H2,1-5H3. The number of rotatable bonds is 9. The lowest BCUT2D eigenvalue weighted by Gasteiger charge is -2.16. The Morgan fingerprint density at radius 1 is 0.943 bits per heavy atom. The molecule has 0 aliphatic carbocycles. The van der Waals surface area contributed by atoms with E-state index in [1.807, 2.05) is 6.07 Å². The van der Waals surface area contributed by atoms with Crippen LogP contribution < -0.4 is 28.4 Å². The van der Waals surface area contributed by atoms with E-state index in [9.17, 15) is 4.79 Å². The molecule has 1 aromatic heterocycles. The summed E-state index contributed by atoms with van der Waals surface area (Å²) in [6, 6.07) is 8.71. The Balaban J connectivity index is 1.59. The maximum absolute atomic E-state index is 11.5. The highest BCUT2D eigenvalue weighted by Crippen LogP contribution is 2.41. The minimum Gasteiger partial charge on any atom is -0.493 e. The van der Waals surface area contributed by atoms with Gasteiger partial charge in [0.25, 0.3) is 0 Å². The Labute approximate surface area is 205 Å². The van der Waals surface area contributed by atoms with Crippen molar-refractivity contribution in [3.05, 3.63) is 41.7 Å². The normalized spacial score (nSPS) is 12.3. The van der Waals surface area contributed by atoms with E-state index in [0.29, 0.717) is 51.2 Å². The van der Waals surface area contributed by atoms with Crippen molar-refractivity contribution in [2.75, 3.05) is 34.2 Å². The van der Waals surface area contributed by atoms with Crippen molar-refractivity contribution in [3.63, 3.8) is 0 Å². The number of aromatic nitrogens is 3. The predicted octanol–water partition coefficient (Wildman–Crippen LogP) is 3.17. The second kappa shape index (κ2) is 10.6. The number of methoxy groups -OCH3 is 4. The van der Waals surface area contributed by atoms with E-state index in [-0.39, 0.29) is 6.61 Å². The Kier molecular flexibility index (Phi) is 7.30. The highest BCUT2D eigenvalue weighted by molar-refractivity contribution is 7.99. The van der Waals surface area contributed by atoms with Crippen molar-refractivity contribution in [2.45, 2.75) is 18.7 Å². The van der Waals surface area contributed by atoms with Gasteiger partial charge in [0.1, 0.15) is 12.4 Å². The lowest BCUT2D eigenvalue weighted by molar-refractivity contribution is -0.132. The molecular formula is C23H24N4O7S. The first-order valence-corrected chi connectivity index (χ1v) is 11.4. The molecule has 1 aliphatic rings. The van der Waals surface area contributed by atoms with Crippen LogP contribution in [0.3, 0.4) is 0 Å². The van der Waals surface area contributed by atoms with Gasteiger partial charge in [-0.15, -0.1) is 10.2 Å². The summed E-state index contributed by atoms with van der Waals surface area (Å²) >= 11 is 1.49. The number of fused-ring (bicyclic) bond motifs is 1. The first kappa shape index (κ1) is 24.2. The van der Waals surface area contributed by atoms with E-state index in [4.69, 9.17) is 33.5 Å². The monoisotopic (exact) mass is 500 g/mol. The van der Waals surface area contributed by atoms with Gasteiger partial charge in [0.15, 0.2) is 28.8 Å². The molecule has 0 atom stereocenters. The van der Waals surface area contributed by atoms with Crippen molar-refractivity contribution in [3.8, 4) is 34.5 Å². The maximum Gasteiger partial charge on any atom is 0.308 e. The van der Waals surface area contributed by atoms with Crippen LogP contribution in [0.15, 0.2) is 40.6 Å². The number of carbonyl (C=O) groups is 1. The van der Waals surface area contributed by atoms with Crippen LogP contribution in [-0.2, 0) is 11.4 Å². The third-order valence-electron chi connectivity index (χ3n) is 4.99. The van der Waals surface area contributed by atoms with E-state index in [1.165, 1.54) is 47.1 Å². The van der Waals surface area contributed by atoms with Crippen LogP contribution >= 0.6 is 11.8 Å². The van der Waals surface area contributed by atoms with Crippen LogP contribution in [0, 0.1) is 0 Å². The zero-order chi connectivity index (χ0) is 24.9. The molecule has 0 saturated heterocycles. The second-order valence-corrected chi connectivity index (χ2v) is 8.10. The van der Waals surface area contributed by atoms with Gasteiger partial charge >= 0.3 is 5.97 Å². The summed E-state index contributed by atoms with van der Waals surface area (Å²) in [5, 5.41) is 13.8. The predicted molar refractivity (Wildman–Crippen MR) is 127 cm³/mol. The number of hydrogen-bond donors (Lipinski definition) is 0. The smallest absolute Gasteiger partial charge is 0.308 e. The fourth-order valence-electron chi connectivity index (χ4n) is 3.38. The van der Waals surface area contributed by atoms with Gasteiger partial charge in [0.2, 0.25) is 10.9 Å². The quantitative estimate of drug-likeness (QED) is 0.320. The second-order valence-electron chi connectivity index (χ2n) is 7.15. The van der Waals surface area contributed by atoms with Gasteiger partial charge in [-0.3, -0.25) is 4.79 Å². The van der Waals surface area contributed by atoms with Gasteiger partial charge in [0, 0.05) is 30.4 Å². The lowest BCUT2D eigenvalue weighted by Crippen LogP contribution is -2.16. The number of esters is 1. The van der Waals surface area contributed by atoms with Gasteiger partial charge in [-0.05, 0) is 18.2 Å². The summed E-state index contributed by atoms with van der Waals surface area (Å²) in [6.07, 6.45) is 0. The summed E-state index contributed by atoms with van der Waals surface area (Å²) in [5.74, 6) is 3.35. The molecule has 2 heterocycles. The summed E-state index contributed by atoms with van der Waals surface area (Å²) in [6.45, 7) is 1.44. The largest absolute Gasteiger partial charge is 0.493 e. The molecule has 0 fully saturated rings. The Morgan fingerprint density at radius 2 is 1.66 bits per heavy atom. The molecule has 3 aromatic rings. The molecule has 11 nitrogen and oxygen atoms in total. The number of thioether (sulfide) groups is 1. The van der Waals surface area contributed by atoms with E-state index in [1.54, 1.807) is 28.9 Å². The SMILES string of the molecule is COc1ccc(C2=Nn3c(COc4cc(OC)c(OC)c(OC)c4)nnc3SC2)cc1OC(C)=O. The van der Waals surface area contributed by atoms with E-state index in [0.717, 1.165) is 11.3 Å². The summed E-state index contributed by atoms with van der Waals surface area (Å²) in [5.41, 5.74) is 1.54. The molecule has 0 saturated carbocycles. The first-order chi connectivity index (χ1) is 17.0. The van der Waals surface area contributed by atoms with Crippen molar-refractivity contribution in [1.82, 2.24) is 14.9 Å². The van der Waals surface area contributed by atoms with Gasteiger partial charge in [-0.2, -0.15) is 9.78 Å². The Hall–Kier alpha value is -3.93. The van der Waals surface area contributed by atoms with E-state index < -0.39 is 5.97 Å². The number of hydrogen-bond acceptors (Lipinski definition) is 11. The van der Waals surface area contributed by atoms with Crippen LogP contribution in [0.2, 0.25) is 0 Å². The van der Waals surface area contributed by atoms with Crippen LogP contribution in [-0.4, -0.2) is 60.7 Å². The minimum absolute atomic E-state index is 0.101. The molecule has 35 heavy (non-hydrogen) atoms. The van der Waals surface area contributed by atoms with Gasteiger partial charge in [-0.1, -0.05) is 11.8 Å². The molecule has 0 unspecified atom stereocenters. The van der Waals surface area contributed by atoms with Crippen LogP contribution in [0.25, 0.3) is 0 Å². The summed E-state index contributed by atoms with van der Waals surface area (Å²) in [4.78, 5) is 11.5. The number of nitrogens with zero attached hydrogens (tertiary/aromatic N) is 4. The molecule has 0 amide bonds. The van der Waals surface area contributed by atoms with Crippen molar-refractivity contribution in [2.24, 2.45) is 5.10 Å². The lowest BCUT2D eigenvalue weighted by atomic mass is 10.1. The molecule has 0 bridgehead atoms. The molecular weight excluding hydrogens is 476 g/mol. The molecule has 0 spiro atoms. The van der Waals surface area contributed by atoms with Gasteiger partial charge in [0.05, 0.1) is 34.2 Å². The topological polar surface area (TPSA) is 116 Å². The van der Waals surface area contributed by atoms with Gasteiger partial charge < -0.3 is 28.4 Å². The zero-order valence-corrected chi connectivity index (χ0v) is 20.7. The maximum atomic E-state index is 11.5. The molecule has 0 N–H and O–H groups in total.